The van der Waals surface area contributed by atoms with Crippen molar-refractivity contribution in [2.45, 2.75) is 52.1 Å². The van der Waals surface area contributed by atoms with Crippen molar-refractivity contribution in [3.8, 4) is 0 Å². The zero-order valence-corrected chi connectivity index (χ0v) is 12.3. The molecular formula is C16H28N2. The molecule has 0 fully saturated rings. The van der Waals surface area contributed by atoms with E-state index in [4.69, 9.17) is 0 Å². The van der Waals surface area contributed by atoms with Gasteiger partial charge in [-0.05, 0) is 46.1 Å². The quantitative estimate of drug-likeness (QED) is 0.725. The third-order valence-electron chi connectivity index (χ3n) is 2.98. The molecule has 2 heteroatoms. The second-order valence-corrected chi connectivity index (χ2v) is 6.06. The van der Waals surface area contributed by atoms with Crippen molar-refractivity contribution in [2.24, 2.45) is 0 Å². The SMILES string of the molecule is CC(CCc1ccccc1)NCCNC(C)(C)C. The van der Waals surface area contributed by atoms with Crippen LogP contribution in [0, 0.1) is 0 Å². The topological polar surface area (TPSA) is 24.1 Å². The fourth-order valence-electron chi connectivity index (χ4n) is 1.89. The summed E-state index contributed by atoms with van der Waals surface area (Å²) >= 11 is 0. The summed E-state index contributed by atoms with van der Waals surface area (Å²) in [5.41, 5.74) is 1.65. The monoisotopic (exact) mass is 248 g/mol. The summed E-state index contributed by atoms with van der Waals surface area (Å²) in [7, 11) is 0. The van der Waals surface area contributed by atoms with Crippen molar-refractivity contribution in [2.75, 3.05) is 13.1 Å². The van der Waals surface area contributed by atoms with Crippen LogP contribution in [0.5, 0.6) is 0 Å². The molecule has 0 saturated carbocycles. The molecule has 18 heavy (non-hydrogen) atoms. The molecule has 0 aromatic heterocycles. The van der Waals surface area contributed by atoms with E-state index in [-0.39, 0.29) is 5.54 Å². The standard InChI is InChI=1S/C16H28N2/c1-14(17-12-13-18-16(2,3)4)10-11-15-8-6-5-7-9-15/h5-9,14,17-18H,10-13H2,1-4H3. The van der Waals surface area contributed by atoms with Crippen molar-refractivity contribution < 1.29 is 0 Å². The molecule has 0 aliphatic rings. The Balaban J connectivity index is 2.09. The van der Waals surface area contributed by atoms with Crippen LogP contribution in [0.1, 0.15) is 39.7 Å². The van der Waals surface area contributed by atoms with E-state index >= 15 is 0 Å². The number of hydrogen-bond donors (Lipinski definition) is 2. The van der Waals surface area contributed by atoms with E-state index < -0.39 is 0 Å². The van der Waals surface area contributed by atoms with E-state index in [0.29, 0.717) is 6.04 Å². The van der Waals surface area contributed by atoms with Gasteiger partial charge in [-0.3, -0.25) is 0 Å². The van der Waals surface area contributed by atoms with Gasteiger partial charge < -0.3 is 10.6 Å². The molecule has 0 heterocycles. The molecule has 0 radical (unpaired) electrons. The van der Waals surface area contributed by atoms with E-state index in [1.807, 2.05) is 0 Å². The van der Waals surface area contributed by atoms with Crippen LogP contribution < -0.4 is 10.6 Å². The zero-order chi connectivity index (χ0) is 13.4. The van der Waals surface area contributed by atoms with Gasteiger partial charge in [-0.15, -0.1) is 0 Å². The molecule has 1 aromatic carbocycles. The maximum Gasteiger partial charge on any atom is 0.00970 e. The summed E-state index contributed by atoms with van der Waals surface area (Å²) in [5.74, 6) is 0. The fourth-order valence-corrected chi connectivity index (χ4v) is 1.89. The Bertz CT molecular complexity index is 314. The average molecular weight is 248 g/mol. The highest BCUT2D eigenvalue weighted by Crippen LogP contribution is 2.04. The molecule has 2 nitrogen and oxygen atoms in total. The van der Waals surface area contributed by atoms with Gasteiger partial charge in [-0.25, -0.2) is 0 Å². The Morgan fingerprint density at radius 2 is 1.72 bits per heavy atom. The minimum absolute atomic E-state index is 0.217. The Morgan fingerprint density at radius 1 is 1.06 bits per heavy atom. The lowest BCUT2D eigenvalue weighted by Gasteiger charge is -2.21. The highest BCUT2D eigenvalue weighted by molar-refractivity contribution is 5.14. The third kappa shape index (κ3) is 7.46. The first-order valence-electron chi connectivity index (χ1n) is 7.00. The summed E-state index contributed by atoms with van der Waals surface area (Å²) in [6, 6.07) is 11.3. The smallest absolute Gasteiger partial charge is 0.00970 e. The number of rotatable bonds is 7. The first kappa shape index (κ1) is 15.2. The van der Waals surface area contributed by atoms with E-state index in [1.54, 1.807) is 0 Å². The molecule has 2 N–H and O–H groups in total. The van der Waals surface area contributed by atoms with Crippen LogP contribution in [0.25, 0.3) is 0 Å². The molecule has 1 aromatic rings. The van der Waals surface area contributed by atoms with Crippen molar-refractivity contribution in [3.63, 3.8) is 0 Å². The van der Waals surface area contributed by atoms with Gasteiger partial charge in [0.2, 0.25) is 0 Å². The third-order valence-corrected chi connectivity index (χ3v) is 2.98. The van der Waals surface area contributed by atoms with Gasteiger partial charge in [-0.1, -0.05) is 30.3 Å². The predicted octanol–water partition coefficient (Wildman–Crippen LogP) is 2.99. The normalized spacial score (nSPS) is 13.6. The fraction of sp³-hybridized carbons (Fsp3) is 0.625. The lowest BCUT2D eigenvalue weighted by Crippen LogP contribution is -2.41. The van der Waals surface area contributed by atoms with Gasteiger partial charge in [0.1, 0.15) is 0 Å². The highest BCUT2D eigenvalue weighted by Gasteiger charge is 2.07. The van der Waals surface area contributed by atoms with Gasteiger partial charge in [0.25, 0.3) is 0 Å². The Labute approximate surface area is 112 Å². The summed E-state index contributed by atoms with van der Waals surface area (Å²) in [4.78, 5) is 0. The Kier molecular flexibility index (Phi) is 6.37. The number of aryl methyl sites for hydroxylation is 1. The summed E-state index contributed by atoms with van der Waals surface area (Å²) in [5, 5.41) is 7.05. The maximum atomic E-state index is 3.56. The minimum atomic E-state index is 0.217. The van der Waals surface area contributed by atoms with Crippen LogP contribution in [0.15, 0.2) is 30.3 Å². The molecule has 0 saturated heterocycles. The highest BCUT2D eigenvalue weighted by atomic mass is 15.0. The first-order chi connectivity index (χ1) is 8.47. The number of nitrogens with one attached hydrogen (secondary N) is 2. The second-order valence-electron chi connectivity index (χ2n) is 6.06. The van der Waals surface area contributed by atoms with Gasteiger partial charge in [-0.2, -0.15) is 0 Å². The van der Waals surface area contributed by atoms with Gasteiger partial charge >= 0.3 is 0 Å². The van der Waals surface area contributed by atoms with Crippen molar-refractivity contribution in [1.82, 2.24) is 10.6 Å². The average Bonchev–Trinajstić information content (AvgIpc) is 2.32. The molecule has 0 bridgehead atoms. The molecule has 0 amide bonds. The second kappa shape index (κ2) is 7.55. The van der Waals surface area contributed by atoms with Crippen molar-refractivity contribution in [1.29, 1.82) is 0 Å². The van der Waals surface area contributed by atoms with Crippen LogP contribution >= 0.6 is 0 Å². The molecule has 1 atom stereocenters. The molecule has 0 aliphatic carbocycles. The predicted molar refractivity (Wildman–Crippen MR) is 80.0 cm³/mol. The summed E-state index contributed by atoms with van der Waals surface area (Å²) in [6.45, 7) is 10.9. The Morgan fingerprint density at radius 3 is 2.33 bits per heavy atom. The van der Waals surface area contributed by atoms with E-state index in [9.17, 15) is 0 Å². The van der Waals surface area contributed by atoms with Crippen molar-refractivity contribution in [3.05, 3.63) is 35.9 Å². The zero-order valence-electron chi connectivity index (χ0n) is 12.3. The molecule has 0 aliphatic heterocycles. The summed E-state index contributed by atoms with van der Waals surface area (Å²) in [6.07, 6.45) is 2.35. The van der Waals surface area contributed by atoms with Gasteiger partial charge in [0.15, 0.2) is 0 Å². The lowest BCUT2D eigenvalue weighted by molar-refractivity contribution is 0.409. The molecule has 1 unspecified atom stereocenters. The van der Waals surface area contributed by atoms with Crippen LogP contribution in [0.3, 0.4) is 0 Å². The van der Waals surface area contributed by atoms with E-state index in [1.165, 1.54) is 12.0 Å². The van der Waals surface area contributed by atoms with E-state index in [0.717, 1.165) is 19.5 Å². The number of hydrogen-bond acceptors (Lipinski definition) is 2. The molecule has 1 rings (SSSR count). The lowest BCUT2D eigenvalue weighted by atomic mass is 10.1. The van der Waals surface area contributed by atoms with Crippen LogP contribution in [0.4, 0.5) is 0 Å². The van der Waals surface area contributed by atoms with Crippen LogP contribution in [0.2, 0.25) is 0 Å². The van der Waals surface area contributed by atoms with Crippen molar-refractivity contribution >= 4 is 0 Å². The van der Waals surface area contributed by atoms with Gasteiger partial charge in [0.05, 0.1) is 0 Å². The molecule has 102 valence electrons. The molecular weight excluding hydrogens is 220 g/mol. The maximum absolute atomic E-state index is 3.56. The largest absolute Gasteiger partial charge is 0.313 e. The first-order valence-corrected chi connectivity index (χ1v) is 7.00. The summed E-state index contributed by atoms with van der Waals surface area (Å²) < 4.78 is 0. The number of benzene rings is 1. The Hall–Kier alpha value is -0.860. The van der Waals surface area contributed by atoms with Gasteiger partial charge in [0, 0.05) is 24.7 Å². The van der Waals surface area contributed by atoms with E-state index in [2.05, 4.69) is 68.7 Å². The minimum Gasteiger partial charge on any atom is -0.313 e. The van der Waals surface area contributed by atoms with Crippen LogP contribution in [-0.2, 0) is 6.42 Å². The van der Waals surface area contributed by atoms with Crippen LogP contribution in [-0.4, -0.2) is 24.7 Å². The molecule has 0 spiro atoms.